The first-order valence-electron chi connectivity index (χ1n) is 8.42. The Morgan fingerprint density at radius 1 is 1.11 bits per heavy atom. The van der Waals surface area contributed by atoms with Gasteiger partial charge in [0.2, 0.25) is 21.9 Å². The number of hydrogen-bond acceptors (Lipinski definition) is 4. The van der Waals surface area contributed by atoms with Gasteiger partial charge in [-0.15, -0.1) is 0 Å². The summed E-state index contributed by atoms with van der Waals surface area (Å²) in [5.41, 5.74) is 1.84. The van der Waals surface area contributed by atoms with Crippen LogP contribution in [0.5, 0.6) is 0 Å². The fourth-order valence-electron chi connectivity index (χ4n) is 2.69. The minimum atomic E-state index is -3.44. The van der Waals surface area contributed by atoms with Crippen LogP contribution in [0.1, 0.15) is 11.1 Å². The van der Waals surface area contributed by atoms with Crippen molar-refractivity contribution in [1.82, 2.24) is 9.55 Å². The molecule has 146 valence electrons. The van der Waals surface area contributed by atoms with Gasteiger partial charge in [-0.05, 0) is 23.3 Å². The molecule has 2 N–H and O–H groups in total. The van der Waals surface area contributed by atoms with Crippen molar-refractivity contribution in [3.63, 3.8) is 0 Å². The van der Waals surface area contributed by atoms with Gasteiger partial charge < -0.3 is 4.57 Å². The highest BCUT2D eigenvalue weighted by Crippen LogP contribution is 2.19. The Balaban J connectivity index is 1.72. The van der Waals surface area contributed by atoms with E-state index in [0.717, 1.165) is 11.8 Å². The standard InChI is InChI=1S/C19H19ClN4O3S/c1-28(26,27)23-17-9-5-3-6-14(17)12-18(25)22-19-21-10-11-24(19)13-15-7-2-4-8-16(15)20/h2-11,23H,12-13H2,1H3,(H,21,22,25). The average molecular weight is 419 g/mol. The van der Waals surface area contributed by atoms with Crippen LogP contribution in [-0.4, -0.2) is 30.1 Å². The molecular formula is C19H19ClN4O3S. The van der Waals surface area contributed by atoms with Crippen molar-refractivity contribution in [2.75, 3.05) is 16.3 Å². The van der Waals surface area contributed by atoms with Crippen LogP contribution < -0.4 is 10.0 Å². The van der Waals surface area contributed by atoms with E-state index in [1.54, 1.807) is 47.3 Å². The molecule has 3 rings (SSSR count). The topological polar surface area (TPSA) is 93.1 Å². The number of sulfonamides is 1. The second-order valence-corrected chi connectivity index (χ2v) is 8.38. The Hall–Kier alpha value is -2.84. The zero-order valence-electron chi connectivity index (χ0n) is 15.1. The minimum Gasteiger partial charge on any atom is -0.313 e. The van der Waals surface area contributed by atoms with Crippen molar-refractivity contribution < 1.29 is 13.2 Å². The lowest BCUT2D eigenvalue weighted by Crippen LogP contribution is -2.19. The fraction of sp³-hybridized carbons (Fsp3) is 0.158. The van der Waals surface area contributed by atoms with Gasteiger partial charge in [0.05, 0.1) is 24.9 Å². The summed E-state index contributed by atoms with van der Waals surface area (Å²) in [6.45, 7) is 0.460. The molecule has 1 amide bonds. The van der Waals surface area contributed by atoms with Crippen molar-refractivity contribution in [3.05, 3.63) is 77.1 Å². The summed E-state index contributed by atoms with van der Waals surface area (Å²) in [5.74, 6) is 0.0767. The molecule has 28 heavy (non-hydrogen) atoms. The largest absolute Gasteiger partial charge is 0.313 e. The van der Waals surface area contributed by atoms with Gasteiger partial charge in [-0.1, -0.05) is 48.0 Å². The number of rotatable bonds is 7. The lowest BCUT2D eigenvalue weighted by Gasteiger charge is -2.12. The summed E-state index contributed by atoms with van der Waals surface area (Å²) >= 11 is 6.20. The Bertz CT molecular complexity index is 1100. The van der Waals surface area contributed by atoms with Gasteiger partial charge >= 0.3 is 0 Å². The van der Waals surface area contributed by atoms with Crippen LogP contribution in [0.15, 0.2) is 60.9 Å². The predicted molar refractivity (Wildman–Crippen MR) is 110 cm³/mol. The van der Waals surface area contributed by atoms with Gasteiger partial charge in [-0.3, -0.25) is 14.8 Å². The number of amides is 1. The lowest BCUT2D eigenvalue weighted by molar-refractivity contribution is -0.115. The molecule has 3 aromatic rings. The second-order valence-electron chi connectivity index (χ2n) is 6.23. The maximum absolute atomic E-state index is 12.5. The number of benzene rings is 2. The number of nitrogens with one attached hydrogen (secondary N) is 2. The molecule has 1 heterocycles. The van der Waals surface area contributed by atoms with Gasteiger partial charge in [0.1, 0.15) is 0 Å². The molecule has 9 heteroatoms. The molecule has 0 spiro atoms. The van der Waals surface area contributed by atoms with Crippen molar-refractivity contribution in [2.45, 2.75) is 13.0 Å². The molecule has 0 atom stereocenters. The third kappa shape index (κ3) is 5.34. The van der Waals surface area contributed by atoms with Crippen LogP contribution in [-0.2, 0) is 27.8 Å². The molecule has 7 nitrogen and oxygen atoms in total. The van der Waals surface area contributed by atoms with E-state index in [2.05, 4.69) is 15.0 Å². The average Bonchev–Trinajstić information content (AvgIpc) is 3.04. The highest BCUT2D eigenvalue weighted by atomic mass is 35.5. The smallest absolute Gasteiger partial charge is 0.231 e. The number of hydrogen-bond donors (Lipinski definition) is 2. The zero-order valence-corrected chi connectivity index (χ0v) is 16.7. The zero-order chi connectivity index (χ0) is 20.1. The third-order valence-corrected chi connectivity index (χ3v) is 4.89. The normalized spacial score (nSPS) is 11.2. The molecule has 0 saturated heterocycles. The summed E-state index contributed by atoms with van der Waals surface area (Å²) in [6, 6.07) is 14.2. The Morgan fingerprint density at radius 3 is 2.50 bits per heavy atom. The molecule has 0 aliphatic heterocycles. The number of carbonyl (C=O) groups excluding carboxylic acids is 1. The SMILES string of the molecule is CS(=O)(=O)Nc1ccccc1CC(=O)Nc1nccn1Cc1ccccc1Cl. The molecule has 1 aromatic heterocycles. The summed E-state index contributed by atoms with van der Waals surface area (Å²) in [7, 11) is -3.44. The van der Waals surface area contributed by atoms with Gasteiger partial charge in [0.15, 0.2) is 0 Å². The van der Waals surface area contributed by atoms with Crippen molar-refractivity contribution in [3.8, 4) is 0 Å². The highest BCUT2D eigenvalue weighted by Gasteiger charge is 2.13. The fourth-order valence-corrected chi connectivity index (χ4v) is 3.48. The van der Waals surface area contributed by atoms with E-state index in [0.29, 0.717) is 28.8 Å². The van der Waals surface area contributed by atoms with E-state index in [9.17, 15) is 13.2 Å². The van der Waals surface area contributed by atoms with E-state index in [1.807, 2.05) is 18.2 Å². The van der Waals surface area contributed by atoms with Crippen LogP contribution in [0.2, 0.25) is 5.02 Å². The number of halogens is 1. The quantitative estimate of drug-likeness (QED) is 0.616. The maximum Gasteiger partial charge on any atom is 0.231 e. The minimum absolute atomic E-state index is 0.00233. The van der Waals surface area contributed by atoms with Crippen LogP contribution >= 0.6 is 11.6 Å². The van der Waals surface area contributed by atoms with Gasteiger partial charge in [-0.25, -0.2) is 13.4 Å². The summed E-state index contributed by atoms with van der Waals surface area (Å²) in [5, 5.41) is 3.39. The summed E-state index contributed by atoms with van der Waals surface area (Å²) < 4.78 is 27.2. The number of imidazole rings is 1. The lowest BCUT2D eigenvalue weighted by atomic mass is 10.1. The van der Waals surface area contributed by atoms with Gasteiger partial charge in [-0.2, -0.15) is 0 Å². The molecule has 0 radical (unpaired) electrons. The molecule has 0 unspecified atom stereocenters. The Morgan fingerprint density at radius 2 is 1.79 bits per heavy atom. The van der Waals surface area contributed by atoms with E-state index >= 15 is 0 Å². The number of nitrogens with zero attached hydrogens (tertiary/aromatic N) is 2. The first kappa shape index (κ1) is 19.9. The van der Waals surface area contributed by atoms with Crippen LogP contribution in [0.4, 0.5) is 11.6 Å². The summed E-state index contributed by atoms with van der Waals surface area (Å²) in [6.07, 6.45) is 4.40. The predicted octanol–water partition coefficient (Wildman–Crippen LogP) is 3.14. The molecule has 0 saturated carbocycles. The Labute approximate surface area is 168 Å². The first-order valence-corrected chi connectivity index (χ1v) is 10.7. The summed E-state index contributed by atoms with van der Waals surface area (Å²) in [4.78, 5) is 16.7. The van der Waals surface area contributed by atoms with Crippen LogP contribution in [0.25, 0.3) is 0 Å². The van der Waals surface area contributed by atoms with Gasteiger partial charge in [0.25, 0.3) is 0 Å². The van der Waals surface area contributed by atoms with E-state index in [1.165, 1.54) is 0 Å². The number of para-hydroxylation sites is 1. The third-order valence-electron chi connectivity index (χ3n) is 3.93. The molecule has 0 aliphatic rings. The number of anilines is 2. The number of aromatic nitrogens is 2. The van der Waals surface area contributed by atoms with E-state index < -0.39 is 10.0 Å². The second kappa shape index (κ2) is 8.45. The molecule has 2 aromatic carbocycles. The molecule has 0 aliphatic carbocycles. The van der Waals surface area contributed by atoms with Gasteiger partial charge in [0, 0.05) is 17.4 Å². The number of carbonyl (C=O) groups is 1. The molecule has 0 fully saturated rings. The van der Waals surface area contributed by atoms with Crippen LogP contribution in [0, 0.1) is 0 Å². The van der Waals surface area contributed by atoms with E-state index in [-0.39, 0.29) is 12.3 Å². The van der Waals surface area contributed by atoms with Crippen molar-refractivity contribution in [1.29, 1.82) is 0 Å². The first-order chi connectivity index (χ1) is 13.3. The monoisotopic (exact) mass is 418 g/mol. The van der Waals surface area contributed by atoms with Crippen LogP contribution in [0.3, 0.4) is 0 Å². The maximum atomic E-state index is 12.5. The van der Waals surface area contributed by atoms with E-state index in [4.69, 9.17) is 11.6 Å². The van der Waals surface area contributed by atoms with Crippen molar-refractivity contribution in [2.24, 2.45) is 0 Å². The molecule has 0 bridgehead atoms. The molecular weight excluding hydrogens is 400 g/mol. The highest BCUT2D eigenvalue weighted by molar-refractivity contribution is 7.92. The van der Waals surface area contributed by atoms with Crippen molar-refractivity contribution >= 4 is 39.2 Å². The Kier molecular flexibility index (Phi) is 6.01.